The second kappa shape index (κ2) is 23.9. The van der Waals surface area contributed by atoms with Crippen LogP contribution in [-0.4, -0.2) is 105 Å². The maximum atomic E-state index is 15.0. The molecule has 21 heteroatoms. The number of sulfone groups is 1. The summed E-state index contributed by atoms with van der Waals surface area (Å²) < 4.78 is 106. The molecule has 0 radical (unpaired) electrons. The molecule has 3 fully saturated rings. The summed E-state index contributed by atoms with van der Waals surface area (Å²) in [4.78, 5) is 19.6. The van der Waals surface area contributed by atoms with Gasteiger partial charge in [-0.15, -0.1) is 0 Å². The van der Waals surface area contributed by atoms with Crippen molar-refractivity contribution in [2.24, 2.45) is 5.92 Å². The van der Waals surface area contributed by atoms with Gasteiger partial charge in [0.05, 0.1) is 29.7 Å². The van der Waals surface area contributed by atoms with Crippen molar-refractivity contribution in [2.45, 2.75) is 67.4 Å². The molecule has 0 aliphatic carbocycles. The number of aromatic carboxylic acids is 1. The fraction of sp³-hybridized carbons (Fsp3) is 0.357. The number of piperazine rings is 1. The first-order chi connectivity index (χ1) is 36.9. The first-order valence-electron chi connectivity index (χ1n) is 25.5. The minimum absolute atomic E-state index is 0.00460. The van der Waals surface area contributed by atoms with E-state index in [1.165, 1.54) is 28.6 Å². The maximum absolute atomic E-state index is 15.0. The van der Waals surface area contributed by atoms with Crippen molar-refractivity contribution >= 4 is 82.7 Å². The van der Waals surface area contributed by atoms with E-state index in [0.29, 0.717) is 66.9 Å². The van der Waals surface area contributed by atoms with E-state index < -0.39 is 39.8 Å². The van der Waals surface area contributed by atoms with Crippen molar-refractivity contribution in [1.29, 1.82) is 0 Å². The Kier molecular flexibility index (Phi) is 17.5. The van der Waals surface area contributed by atoms with Crippen LogP contribution in [0.5, 0.6) is 0 Å². The SMILES string of the molecule is Cc1c(C(=O)O)c(-c2cccc(N3CCN(c4ccc(N5CCO[P@]5(=O)c5ccc(NC(CCN6CCC(C#P=O)CC6)CSc6ccccc6)c(S(=O)(=O)C(F)(F)F)c5)cc4)CC3)c2)c(-c2ccc(Cl)cc2)n1C(C)C. The van der Waals surface area contributed by atoms with E-state index in [9.17, 15) is 36.1 Å². The van der Waals surface area contributed by atoms with Crippen LogP contribution in [0.2, 0.25) is 5.02 Å². The molecule has 3 aliphatic heterocycles. The first-order valence-corrected chi connectivity index (χ1v) is 30.8. The van der Waals surface area contributed by atoms with Crippen molar-refractivity contribution in [3.63, 3.8) is 0 Å². The van der Waals surface area contributed by atoms with E-state index in [2.05, 4.69) is 30.2 Å². The molecule has 0 saturated carbocycles. The van der Waals surface area contributed by atoms with Gasteiger partial charge >= 0.3 is 171 Å². The van der Waals surface area contributed by atoms with Gasteiger partial charge in [0.25, 0.3) is 0 Å². The number of thioether (sulfide) groups is 1. The number of rotatable bonds is 17. The Hall–Kier alpha value is -5.41. The van der Waals surface area contributed by atoms with E-state index in [4.69, 9.17) is 16.1 Å². The Morgan fingerprint density at radius 2 is 1.52 bits per heavy atom. The second-order valence-corrected chi connectivity index (χ2v) is 25.9. The molecule has 0 amide bonds. The zero-order chi connectivity index (χ0) is 54.6. The number of carboxylic acids is 1. The average molecular weight is 1150 g/mol. The van der Waals surface area contributed by atoms with E-state index in [0.717, 1.165) is 65.1 Å². The molecule has 406 valence electrons. The van der Waals surface area contributed by atoms with Crippen molar-refractivity contribution in [2.75, 3.05) is 84.5 Å². The monoisotopic (exact) mass is 1150 g/mol. The average Bonchev–Trinajstić information content (AvgIpc) is 4.10. The van der Waals surface area contributed by atoms with Crippen molar-refractivity contribution in [1.82, 2.24) is 9.47 Å². The first kappa shape index (κ1) is 56.3. The third kappa shape index (κ3) is 12.3. The van der Waals surface area contributed by atoms with Crippen LogP contribution in [0.15, 0.2) is 131 Å². The summed E-state index contributed by atoms with van der Waals surface area (Å²) in [6, 6.07) is 35.3. The number of carbonyl (C=O) groups is 1. The summed E-state index contributed by atoms with van der Waals surface area (Å²) in [6.07, 6.45) is 2.05. The topological polar surface area (TPSA) is 145 Å². The molecule has 3 saturated heterocycles. The molecule has 0 spiro atoms. The summed E-state index contributed by atoms with van der Waals surface area (Å²) in [5, 5.41) is 14.2. The van der Waals surface area contributed by atoms with Gasteiger partial charge in [0.15, 0.2) is 0 Å². The molecule has 9 rings (SSSR count). The van der Waals surface area contributed by atoms with Crippen LogP contribution < -0.4 is 25.1 Å². The number of piperidine rings is 1. The molecule has 5 aromatic carbocycles. The number of hydrogen-bond acceptors (Lipinski definition) is 11. The summed E-state index contributed by atoms with van der Waals surface area (Å²) in [7, 11) is -10.2. The fourth-order valence-corrected chi connectivity index (χ4v) is 15.4. The van der Waals surface area contributed by atoms with E-state index in [1.54, 1.807) is 24.3 Å². The number of aromatic nitrogens is 1. The minimum atomic E-state index is -5.95. The molecule has 2 atom stereocenters. The smallest absolute Gasteiger partial charge is 0.341 e. The summed E-state index contributed by atoms with van der Waals surface area (Å²) in [5.41, 5.74) is 3.38. The van der Waals surface area contributed by atoms with Gasteiger partial charge in [-0.05, 0) is 80.4 Å². The summed E-state index contributed by atoms with van der Waals surface area (Å²) >= 11 is 7.78. The van der Waals surface area contributed by atoms with Crippen molar-refractivity contribution < 1.29 is 45.1 Å². The molecule has 1 unspecified atom stereocenters. The predicted molar refractivity (Wildman–Crippen MR) is 303 cm³/mol. The Balaban J connectivity index is 0.920. The molecular formula is C56H60ClF3N6O7P2S2. The van der Waals surface area contributed by atoms with Crippen LogP contribution in [0.1, 0.15) is 55.2 Å². The Morgan fingerprint density at radius 3 is 2.16 bits per heavy atom. The van der Waals surface area contributed by atoms with Gasteiger partial charge in [0, 0.05) is 65.6 Å². The number of anilines is 4. The van der Waals surface area contributed by atoms with E-state index in [-0.39, 0.29) is 49.6 Å². The van der Waals surface area contributed by atoms with Crippen LogP contribution in [0.25, 0.3) is 22.4 Å². The number of likely N-dealkylation sites (tertiary alicyclic amines) is 1. The summed E-state index contributed by atoms with van der Waals surface area (Å²) in [6.45, 7) is 10.7. The Labute approximate surface area is 458 Å². The van der Waals surface area contributed by atoms with Crippen molar-refractivity contribution in [3.8, 4) is 28.0 Å². The molecule has 4 heterocycles. The molecule has 6 aromatic rings. The molecule has 0 bridgehead atoms. The van der Waals surface area contributed by atoms with E-state index in [1.807, 2.05) is 99.6 Å². The number of nitrogens with one attached hydrogen (secondary N) is 1. The van der Waals surface area contributed by atoms with E-state index >= 15 is 4.57 Å². The second-order valence-electron chi connectivity index (χ2n) is 19.7. The molecule has 13 nitrogen and oxygen atoms in total. The van der Waals surface area contributed by atoms with Gasteiger partial charge in [-0.25, -0.2) is 13.2 Å². The zero-order valence-electron chi connectivity index (χ0n) is 42.8. The predicted octanol–water partition coefficient (Wildman–Crippen LogP) is 13.0. The Morgan fingerprint density at radius 1 is 0.857 bits per heavy atom. The number of nitrogens with zero attached hydrogens (tertiary/aromatic N) is 5. The van der Waals surface area contributed by atoms with Crippen LogP contribution in [0, 0.1) is 18.5 Å². The van der Waals surface area contributed by atoms with Crippen molar-refractivity contribution in [3.05, 3.63) is 138 Å². The molecule has 1 aromatic heterocycles. The third-order valence-corrected chi connectivity index (χ3v) is 20.5. The number of benzene rings is 5. The van der Waals surface area contributed by atoms with Crippen LogP contribution in [0.4, 0.5) is 35.9 Å². The van der Waals surface area contributed by atoms with Gasteiger partial charge in [0.2, 0.25) is 0 Å². The van der Waals surface area contributed by atoms with Crippen LogP contribution >= 0.6 is 38.8 Å². The molecule has 3 aliphatic rings. The molecular weight excluding hydrogens is 1090 g/mol. The molecule has 77 heavy (non-hydrogen) atoms. The summed E-state index contributed by atoms with van der Waals surface area (Å²) in [5.74, 6) is -0.471. The van der Waals surface area contributed by atoms with Crippen LogP contribution in [0.3, 0.4) is 0 Å². The Bertz CT molecular complexity index is 3370. The number of carboxylic acid groups (broad SMARTS) is 1. The van der Waals surface area contributed by atoms with Gasteiger partial charge < -0.3 is 24.0 Å². The van der Waals surface area contributed by atoms with Gasteiger partial charge in [0.1, 0.15) is 0 Å². The third-order valence-electron chi connectivity index (χ3n) is 14.5. The minimum Gasteiger partial charge on any atom is -0.341 e. The normalized spacial score (nSPS) is 18.2. The van der Waals surface area contributed by atoms with Gasteiger partial charge in [-0.1, -0.05) is 54.1 Å². The number of alkyl halides is 3. The van der Waals surface area contributed by atoms with Gasteiger partial charge in [-0.2, -0.15) is 13.2 Å². The van der Waals surface area contributed by atoms with Crippen LogP contribution in [-0.2, 0) is 23.5 Å². The standard InChI is InChI=1S/C56H60ClF3N6O7P2S2/c1-38(2)66-39(3)52(55(67)68)53(54(66)41-12-14-43(57)15-13-41)42-8-7-9-47(34-42)64-30-28-63(29-31-64)45-16-18-46(19-17-45)65-32-33-73-75(65,70)48-20-21-50(51(35-48)77(71,72)56(58,59)60)61-44(37-76-49-10-5-4-6-11-49)24-27-62-25-22-40(23-26-62)36-74-69/h4-21,34-35,38,40,44,61H,22-33,37H2,1-3H3,(H,67,68)/t44?,75-/m1/s1. The number of halogens is 4. The zero-order valence-corrected chi connectivity index (χ0v) is 47.0. The quantitative estimate of drug-likeness (QED) is 0.0661. The van der Waals surface area contributed by atoms with Gasteiger partial charge in [-0.3, -0.25) is 9.24 Å². The molecule has 2 N–H and O–H groups in total. The fourth-order valence-electron chi connectivity index (χ4n) is 10.6. The number of hydrogen-bond donors (Lipinski definition) is 2.